The molecule has 2 aromatic rings. The summed E-state index contributed by atoms with van der Waals surface area (Å²) in [5.41, 5.74) is 8.33. The van der Waals surface area contributed by atoms with Crippen molar-refractivity contribution in [1.29, 1.82) is 0 Å². The van der Waals surface area contributed by atoms with Gasteiger partial charge >= 0.3 is 0 Å². The number of hydrogen-bond donors (Lipinski definition) is 2. The molecule has 3 rings (SSSR count). The predicted octanol–water partition coefficient (Wildman–Crippen LogP) is 2.23. The number of aryl methyl sites for hydroxylation is 2. The highest BCUT2D eigenvalue weighted by atomic mass is 35.5. The molecule has 3 N–H and O–H groups in total. The number of hydrogen-bond acceptors (Lipinski definition) is 6. The van der Waals surface area contributed by atoms with Crippen LogP contribution in [-0.4, -0.2) is 74.0 Å². The first-order valence-electron chi connectivity index (χ1n) is 10.9. The summed E-state index contributed by atoms with van der Waals surface area (Å²) in [4.78, 5) is 40.3. The van der Waals surface area contributed by atoms with E-state index in [9.17, 15) is 14.4 Å². The van der Waals surface area contributed by atoms with Crippen LogP contribution in [-0.2, 0) is 9.59 Å². The van der Waals surface area contributed by atoms with E-state index in [4.69, 9.17) is 26.8 Å². The van der Waals surface area contributed by atoms with Gasteiger partial charge in [-0.1, -0.05) is 29.8 Å². The van der Waals surface area contributed by atoms with Crippen molar-refractivity contribution in [2.75, 3.05) is 51.8 Å². The zero-order valence-corrected chi connectivity index (χ0v) is 20.3. The molecule has 0 radical (unpaired) electrons. The number of nitrogens with one attached hydrogen (secondary N) is 1. The summed E-state index contributed by atoms with van der Waals surface area (Å²) in [7, 11) is 1.42. The molecule has 3 amide bonds. The Morgan fingerprint density at radius 1 is 1.09 bits per heavy atom. The quantitative estimate of drug-likeness (QED) is 0.589. The standard InChI is InChI=1S/C24H29ClN4O5/c1-15-5-4-6-16(2)22(15)27-21(31)13-28-7-9-29(10-8-28)24(32)17-11-18(25)23(19(12-17)33-3)34-14-20(26)30/h4-6,11-12H,7-10,13-14H2,1-3H3,(H2,26,30)(H,27,31). The number of anilines is 1. The zero-order chi connectivity index (χ0) is 24.8. The molecule has 34 heavy (non-hydrogen) atoms. The van der Waals surface area contributed by atoms with Gasteiger partial charge in [0.25, 0.3) is 11.8 Å². The van der Waals surface area contributed by atoms with E-state index in [1.54, 1.807) is 4.90 Å². The van der Waals surface area contributed by atoms with Gasteiger partial charge in [0.05, 0.1) is 18.7 Å². The number of carbonyl (C=O) groups excluding carboxylic acids is 3. The smallest absolute Gasteiger partial charge is 0.255 e. The molecule has 1 fully saturated rings. The number of nitrogens with two attached hydrogens (primary N) is 1. The molecule has 182 valence electrons. The summed E-state index contributed by atoms with van der Waals surface area (Å²) in [6, 6.07) is 8.89. The van der Waals surface area contributed by atoms with E-state index in [0.717, 1.165) is 16.8 Å². The normalized spacial score (nSPS) is 13.9. The van der Waals surface area contributed by atoms with Crippen molar-refractivity contribution in [3.63, 3.8) is 0 Å². The number of amides is 3. The molecule has 0 aliphatic carbocycles. The van der Waals surface area contributed by atoms with Crippen LogP contribution >= 0.6 is 11.6 Å². The fourth-order valence-electron chi connectivity index (χ4n) is 3.81. The highest BCUT2D eigenvalue weighted by Crippen LogP contribution is 2.36. The van der Waals surface area contributed by atoms with Crippen molar-refractivity contribution in [3.05, 3.63) is 52.0 Å². The predicted molar refractivity (Wildman–Crippen MR) is 130 cm³/mol. The first-order valence-corrected chi connectivity index (χ1v) is 11.2. The summed E-state index contributed by atoms with van der Waals surface area (Å²) in [5.74, 6) is -0.557. The van der Waals surface area contributed by atoms with Crippen LogP contribution in [0, 0.1) is 13.8 Å². The summed E-state index contributed by atoms with van der Waals surface area (Å²) in [6.07, 6.45) is 0. The zero-order valence-electron chi connectivity index (χ0n) is 19.5. The lowest BCUT2D eigenvalue weighted by Crippen LogP contribution is -2.50. The Morgan fingerprint density at radius 3 is 2.32 bits per heavy atom. The van der Waals surface area contributed by atoms with Crippen molar-refractivity contribution < 1.29 is 23.9 Å². The van der Waals surface area contributed by atoms with Crippen molar-refractivity contribution in [2.45, 2.75) is 13.8 Å². The first kappa shape index (κ1) is 25.3. The Bertz CT molecular complexity index is 1060. The maximum atomic E-state index is 13.0. The second-order valence-corrected chi connectivity index (χ2v) is 8.53. The van der Waals surface area contributed by atoms with Gasteiger partial charge in [-0.05, 0) is 37.1 Å². The van der Waals surface area contributed by atoms with Crippen molar-refractivity contribution >= 4 is 35.0 Å². The Kier molecular flexibility index (Phi) is 8.36. The molecule has 1 heterocycles. The molecule has 2 aromatic carbocycles. The maximum Gasteiger partial charge on any atom is 0.255 e. The highest BCUT2D eigenvalue weighted by Gasteiger charge is 2.25. The molecule has 0 spiro atoms. The number of rotatable bonds is 8. The number of benzene rings is 2. The van der Waals surface area contributed by atoms with Gasteiger partial charge < -0.3 is 25.4 Å². The van der Waals surface area contributed by atoms with Crippen LogP contribution in [0.2, 0.25) is 5.02 Å². The Morgan fingerprint density at radius 2 is 1.74 bits per heavy atom. The summed E-state index contributed by atoms with van der Waals surface area (Å²) >= 11 is 6.27. The van der Waals surface area contributed by atoms with Gasteiger partial charge in [0.1, 0.15) is 0 Å². The Balaban J connectivity index is 1.58. The molecule has 0 bridgehead atoms. The van der Waals surface area contributed by atoms with Crippen LogP contribution in [0.4, 0.5) is 5.69 Å². The number of primary amides is 1. The summed E-state index contributed by atoms with van der Waals surface area (Å²) in [5, 5.41) is 3.14. The lowest BCUT2D eigenvalue weighted by Gasteiger charge is -2.34. The van der Waals surface area contributed by atoms with E-state index in [2.05, 4.69) is 5.32 Å². The molecule has 0 unspecified atom stereocenters. The fraction of sp³-hybridized carbons (Fsp3) is 0.375. The van der Waals surface area contributed by atoms with Gasteiger partial charge in [-0.2, -0.15) is 0 Å². The lowest BCUT2D eigenvalue weighted by atomic mass is 10.1. The third kappa shape index (κ3) is 6.18. The van der Waals surface area contributed by atoms with E-state index < -0.39 is 5.91 Å². The van der Waals surface area contributed by atoms with Gasteiger partial charge in [0, 0.05) is 37.4 Å². The highest BCUT2D eigenvalue weighted by molar-refractivity contribution is 6.32. The van der Waals surface area contributed by atoms with E-state index in [0.29, 0.717) is 31.7 Å². The van der Waals surface area contributed by atoms with Crippen LogP contribution in [0.25, 0.3) is 0 Å². The third-order valence-corrected chi connectivity index (χ3v) is 5.89. The molecular weight excluding hydrogens is 460 g/mol. The molecule has 0 atom stereocenters. The topological polar surface area (TPSA) is 114 Å². The van der Waals surface area contributed by atoms with Crippen molar-refractivity contribution in [3.8, 4) is 11.5 Å². The Labute approximate surface area is 203 Å². The van der Waals surface area contributed by atoms with E-state index in [-0.39, 0.29) is 41.5 Å². The van der Waals surface area contributed by atoms with Crippen LogP contribution in [0.5, 0.6) is 11.5 Å². The minimum Gasteiger partial charge on any atom is -0.493 e. The van der Waals surface area contributed by atoms with Gasteiger partial charge in [-0.15, -0.1) is 0 Å². The monoisotopic (exact) mass is 488 g/mol. The fourth-order valence-corrected chi connectivity index (χ4v) is 4.08. The average Bonchev–Trinajstić information content (AvgIpc) is 2.80. The molecular formula is C24H29ClN4O5. The number of methoxy groups -OCH3 is 1. The number of nitrogens with zero attached hydrogens (tertiary/aromatic N) is 2. The van der Waals surface area contributed by atoms with Crippen LogP contribution in [0.3, 0.4) is 0 Å². The van der Waals surface area contributed by atoms with Crippen LogP contribution < -0.4 is 20.5 Å². The van der Waals surface area contributed by atoms with E-state index >= 15 is 0 Å². The number of piperazine rings is 1. The molecule has 1 saturated heterocycles. The number of ether oxygens (including phenoxy) is 2. The molecule has 1 aliphatic heterocycles. The molecule has 9 nitrogen and oxygen atoms in total. The average molecular weight is 489 g/mol. The van der Waals surface area contributed by atoms with Gasteiger partial charge in [-0.25, -0.2) is 0 Å². The van der Waals surface area contributed by atoms with Gasteiger partial charge in [0.2, 0.25) is 5.91 Å². The van der Waals surface area contributed by atoms with Crippen LogP contribution in [0.1, 0.15) is 21.5 Å². The summed E-state index contributed by atoms with van der Waals surface area (Å²) in [6.45, 7) is 5.89. The minimum absolute atomic E-state index is 0.0831. The Hall–Kier alpha value is -3.30. The van der Waals surface area contributed by atoms with Crippen molar-refractivity contribution in [1.82, 2.24) is 9.80 Å². The van der Waals surface area contributed by atoms with Crippen LogP contribution in [0.15, 0.2) is 30.3 Å². The molecule has 1 aliphatic rings. The number of para-hydroxylation sites is 1. The number of carbonyl (C=O) groups is 3. The minimum atomic E-state index is -0.654. The second kappa shape index (κ2) is 11.2. The molecule has 0 aromatic heterocycles. The number of halogens is 1. The maximum absolute atomic E-state index is 13.0. The van der Waals surface area contributed by atoms with Crippen molar-refractivity contribution in [2.24, 2.45) is 5.73 Å². The summed E-state index contributed by atoms with van der Waals surface area (Å²) < 4.78 is 10.6. The first-order chi connectivity index (χ1) is 16.2. The van der Waals surface area contributed by atoms with Gasteiger partial charge in [-0.3, -0.25) is 19.3 Å². The molecule has 10 heteroatoms. The van der Waals surface area contributed by atoms with Gasteiger partial charge in [0.15, 0.2) is 18.1 Å². The largest absolute Gasteiger partial charge is 0.493 e. The lowest BCUT2D eigenvalue weighted by molar-refractivity contribution is -0.120. The SMILES string of the molecule is COc1cc(C(=O)N2CCN(CC(=O)Nc3c(C)cccc3C)CC2)cc(Cl)c1OCC(N)=O. The molecule has 0 saturated carbocycles. The second-order valence-electron chi connectivity index (χ2n) is 8.13. The van der Waals surface area contributed by atoms with E-state index in [1.165, 1.54) is 19.2 Å². The third-order valence-electron chi connectivity index (χ3n) is 5.61. The van der Waals surface area contributed by atoms with E-state index in [1.807, 2.05) is 36.9 Å².